The molecule has 0 unspecified atom stereocenters. The first-order valence-corrected chi connectivity index (χ1v) is 8.04. The van der Waals surface area contributed by atoms with Gasteiger partial charge in [0.1, 0.15) is 5.82 Å². The van der Waals surface area contributed by atoms with Crippen LogP contribution in [0.15, 0.2) is 30.5 Å². The highest BCUT2D eigenvalue weighted by atomic mass is 16.5. The van der Waals surface area contributed by atoms with Gasteiger partial charge in [0.15, 0.2) is 0 Å². The molecule has 1 fully saturated rings. The van der Waals surface area contributed by atoms with E-state index in [0.717, 1.165) is 10.8 Å². The Balaban J connectivity index is 1.82. The van der Waals surface area contributed by atoms with Gasteiger partial charge in [-0.25, -0.2) is 9.78 Å². The van der Waals surface area contributed by atoms with Gasteiger partial charge in [-0.2, -0.15) is 0 Å². The molecule has 0 saturated heterocycles. The minimum atomic E-state index is -0.403. The number of methoxy groups -OCH3 is 1. The summed E-state index contributed by atoms with van der Waals surface area (Å²) in [5.41, 5.74) is 0.453. The van der Waals surface area contributed by atoms with Crippen LogP contribution < -0.4 is 5.32 Å². The van der Waals surface area contributed by atoms with Crippen LogP contribution in [0.1, 0.15) is 36.0 Å². The fraction of sp³-hybridized carbons (Fsp3) is 0.389. The molecule has 6 heteroatoms. The molecule has 2 aromatic rings. The molecule has 0 bridgehead atoms. The maximum atomic E-state index is 12.4. The molecule has 1 aromatic carbocycles. The lowest BCUT2D eigenvalue weighted by Crippen LogP contribution is -2.29. The van der Waals surface area contributed by atoms with Crippen LogP contribution in [-0.4, -0.2) is 35.2 Å². The van der Waals surface area contributed by atoms with Gasteiger partial charge in [-0.3, -0.25) is 4.79 Å². The molecule has 126 valence electrons. The molecule has 0 atom stereocenters. The number of hydrogen-bond donors (Lipinski definition) is 2. The summed E-state index contributed by atoms with van der Waals surface area (Å²) >= 11 is 0. The number of benzene rings is 1. The zero-order chi connectivity index (χ0) is 17.1. The fourth-order valence-electron chi connectivity index (χ4n) is 3.08. The molecule has 24 heavy (non-hydrogen) atoms. The topological polar surface area (TPSA) is 88.5 Å². The monoisotopic (exact) mass is 328 g/mol. The number of nitrogens with zero attached hydrogens (tertiary/aromatic N) is 1. The maximum Gasteiger partial charge on any atom is 0.337 e. The van der Waals surface area contributed by atoms with Gasteiger partial charge in [-0.05, 0) is 55.3 Å². The molecular weight excluding hydrogens is 308 g/mol. The third-order valence-corrected chi connectivity index (χ3v) is 4.49. The average molecular weight is 328 g/mol. The average Bonchev–Trinajstić information content (AvgIpc) is 2.61. The van der Waals surface area contributed by atoms with Crippen LogP contribution in [0.2, 0.25) is 0 Å². The zero-order valence-electron chi connectivity index (χ0n) is 13.5. The molecule has 0 aliphatic heterocycles. The summed E-state index contributed by atoms with van der Waals surface area (Å²) in [7, 11) is 1.34. The third-order valence-electron chi connectivity index (χ3n) is 4.49. The molecule has 6 nitrogen and oxygen atoms in total. The first-order valence-electron chi connectivity index (χ1n) is 8.04. The quantitative estimate of drug-likeness (QED) is 0.845. The van der Waals surface area contributed by atoms with Gasteiger partial charge in [-0.1, -0.05) is 0 Å². The van der Waals surface area contributed by atoms with Gasteiger partial charge in [0.25, 0.3) is 0 Å². The number of nitrogens with one attached hydrogen (secondary N) is 1. The van der Waals surface area contributed by atoms with Crippen molar-refractivity contribution in [2.45, 2.75) is 31.8 Å². The number of fused-ring (bicyclic) bond motifs is 1. The van der Waals surface area contributed by atoms with Crippen molar-refractivity contribution in [1.29, 1.82) is 0 Å². The van der Waals surface area contributed by atoms with Crippen LogP contribution in [0.25, 0.3) is 10.8 Å². The van der Waals surface area contributed by atoms with E-state index in [9.17, 15) is 14.7 Å². The summed E-state index contributed by atoms with van der Waals surface area (Å²) in [6.07, 6.45) is 3.99. The lowest BCUT2D eigenvalue weighted by molar-refractivity contribution is -0.121. The lowest BCUT2D eigenvalue weighted by atomic mass is 9.87. The van der Waals surface area contributed by atoms with Crippen LogP contribution in [0.3, 0.4) is 0 Å². The molecule has 3 rings (SSSR count). The molecule has 1 heterocycles. The molecule has 1 aliphatic carbocycles. The highest BCUT2D eigenvalue weighted by molar-refractivity contribution is 6.03. The summed E-state index contributed by atoms with van der Waals surface area (Å²) in [4.78, 5) is 28.3. The lowest BCUT2D eigenvalue weighted by Gasteiger charge is -2.24. The van der Waals surface area contributed by atoms with E-state index in [4.69, 9.17) is 4.74 Å². The number of ether oxygens (including phenoxy) is 1. The van der Waals surface area contributed by atoms with Crippen molar-refractivity contribution in [3.05, 3.63) is 36.0 Å². The van der Waals surface area contributed by atoms with Crippen molar-refractivity contribution >= 4 is 28.5 Å². The van der Waals surface area contributed by atoms with E-state index in [0.29, 0.717) is 37.1 Å². The SMILES string of the molecule is COC(=O)c1ccc2c(NC(=O)C3CCC(O)CC3)nccc2c1. The Hall–Kier alpha value is -2.47. The summed E-state index contributed by atoms with van der Waals surface area (Å²) in [6.45, 7) is 0. The van der Waals surface area contributed by atoms with Crippen molar-refractivity contribution < 1.29 is 19.4 Å². The molecule has 0 spiro atoms. The van der Waals surface area contributed by atoms with E-state index in [1.54, 1.807) is 30.5 Å². The zero-order valence-corrected chi connectivity index (χ0v) is 13.5. The van der Waals surface area contributed by atoms with E-state index in [2.05, 4.69) is 10.3 Å². The van der Waals surface area contributed by atoms with Crippen molar-refractivity contribution in [3.63, 3.8) is 0 Å². The Morgan fingerprint density at radius 2 is 1.96 bits per heavy atom. The third kappa shape index (κ3) is 3.38. The molecule has 1 aromatic heterocycles. The molecule has 2 N–H and O–H groups in total. The van der Waals surface area contributed by atoms with Crippen molar-refractivity contribution in [2.24, 2.45) is 5.92 Å². The van der Waals surface area contributed by atoms with Crippen LogP contribution >= 0.6 is 0 Å². The fourth-order valence-corrected chi connectivity index (χ4v) is 3.08. The first kappa shape index (κ1) is 16.4. The number of carbonyl (C=O) groups excluding carboxylic acids is 2. The molecular formula is C18H20N2O4. The Morgan fingerprint density at radius 1 is 1.21 bits per heavy atom. The van der Waals surface area contributed by atoms with Gasteiger partial charge in [0.05, 0.1) is 18.8 Å². The van der Waals surface area contributed by atoms with Crippen LogP contribution in [0, 0.1) is 5.92 Å². The number of amides is 1. The number of rotatable bonds is 3. The first-order chi connectivity index (χ1) is 11.6. The minimum Gasteiger partial charge on any atom is -0.465 e. The standard InChI is InChI=1S/C18H20N2O4/c1-24-18(23)13-4-7-15-12(10-13)8-9-19-16(15)20-17(22)11-2-5-14(21)6-3-11/h4,7-11,14,21H,2-3,5-6H2,1H3,(H,19,20,22). The van der Waals surface area contributed by atoms with E-state index < -0.39 is 5.97 Å². The van der Waals surface area contributed by atoms with Gasteiger partial charge in [0.2, 0.25) is 5.91 Å². The highest BCUT2D eigenvalue weighted by Gasteiger charge is 2.25. The van der Waals surface area contributed by atoms with Crippen molar-refractivity contribution in [2.75, 3.05) is 12.4 Å². The number of esters is 1. The second-order valence-electron chi connectivity index (χ2n) is 6.08. The van der Waals surface area contributed by atoms with Crippen molar-refractivity contribution in [3.8, 4) is 0 Å². The number of aliphatic hydroxyl groups excluding tert-OH is 1. The van der Waals surface area contributed by atoms with Crippen LogP contribution in [0.5, 0.6) is 0 Å². The van der Waals surface area contributed by atoms with E-state index in [1.165, 1.54) is 7.11 Å². The summed E-state index contributed by atoms with van der Waals surface area (Å²) < 4.78 is 4.72. The largest absolute Gasteiger partial charge is 0.465 e. The van der Waals surface area contributed by atoms with E-state index >= 15 is 0 Å². The second-order valence-corrected chi connectivity index (χ2v) is 6.08. The number of hydrogen-bond acceptors (Lipinski definition) is 5. The van der Waals surface area contributed by atoms with Gasteiger partial charge < -0.3 is 15.2 Å². The van der Waals surface area contributed by atoms with E-state index in [-0.39, 0.29) is 17.9 Å². The maximum absolute atomic E-state index is 12.4. The highest BCUT2D eigenvalue weighted by Crippen LogP contribution is 2.27. The normalized spacial score (nSPS) is 20.6. The Morgan fingerprint density at radius 3 is 2.67 bits per heavy atom. The predicted molar refractivity (Wildman–Crippen MR) is 89.7 cm³/mol. The van der Waals surface area contributed by atoms with Gasteiger partial charge in [-0.15, -0.1) is 0 Å². The van der Waals surface area contributed by atoms with E-state index in [1.807, 2.05) is 0 Å². The van der Waals surface area contributed by atoms with Gasteiger partial charge >= 0.3 is 5.97 Å². The minimum absolute atomic E-state index is 0.0704. The van der Waals surface area contributed by atoms with Gasteiger partial charge in [0, 0.05) is 17.5 Å². The second kappa shape index (κ2) is 6.97. The summed E-state index contributed by atoms with van der Waals surface area (Å²) in [6, 6.07) is 6.92. The Kier molecular flexibility index (Phi) is 4.76. The number of carbonyl (C=O) groups is 2. The van der Waals surface area contributed by atoms with Crippen LogP contribution in [-0.2, 0) is 9.53 Å². The summed E-state index contributed by atoms with van der Waals surface area (Å²) in [5.74, 6) is -0.0844. The van der Waals surface area contributed by atoms with Crippen LogP contribution in [0.4, 0.5) is 5.82 Å². The van der Waals surface area contributed by atoms with Crippen molar-refractivity contribution in [1.82, 2.24) is 4.98 Å². The Labute approximate surface area is 139 Å². The molecule has 1 amide bonds. The molecule has 1 saturated carbocycles. The number of anilines is 1. The molecule has 0 radical (unpaired) electrons. The molecule has 1 aliphatic rings. The Bertz CT molecular complexity index is 767. The number of pyridine rings is 1. The smallest absolute Gasteiger partial charge is 0.337 e. The summed E-state index contributed by atoms with van der Waals surface area (Å²) in [5, 5.41) is 14.0. The number of aromatic nitrogens is 1. The predicted octanol–water partition coefficient (Wildman–Crippen LogP) is 2.51. The number of aliphatic hydroxyl groups is 1.